The molecule has 3 nitrogen and oxygen atoms in total. The number of hydrogen-bond acceptors (Lipinski definition) is 2. The lowest BCUT2D eigenvalue weighted by Crippen LogP contribution is -2.04. The molecule has 4 aromatic carbocycles. The molecule has 0 amide bonds. The second-order valence-corrected chi connectivity index (χ2v) is 10.2. The lowest BCUT2D eigenvalue weighted by molar-refractivity contribution is -0.268. The Kier molecular flexibility index (Phi) is 8.35. The number of hydrogen-bond donors (Lipinski definition) is 1. The Bertz CT molecular complexity index is 1090. The van der Waals surface area contributed by atoms with Crippen LogP contribution in [0, 0.1) is 0 Å². The minimum atomic E-state index is -1.18. The van der Waals surface area contributed by atoms with Gasteiger partial charge >= 0.3 is 5.97 Å². The van der Waals surface area contributed by atoms with Crippen molar-refractivity contribution < 1.29 is 15.0 Å². The van der Waals surface area contributed by atoms with Crippen LogP contribution in [0.25, 0.3) is 0 Å². The van der Waals surface area contributed by atoms with E-state index in [1.807, 2.05) is 0 Å². The number of halogens is 2. The van der Waals surface area contributed by atoms with Gasteiger partial charge in [0, 0.05) is 8.95 Å². The summed E-state index contributed by atoms with van der Waals surface area (Å²) in [6.07, 6.45) is 0. The van der Waals surface area contributed by atoms with Crippen molar-refractivity contribution in [3.63, 3.8) is 0 Å². The summed E-state index contributed by atoms with van der Waals surface area (Å²) in [5, 5.41) is 19.0. The van der Waals surface area contributed by atoms with E-state index in [2.05, 4.69) is 111 Å². The van der Waals surface area contributed by atoms with Crippen LogP contribution in [-0.4, -0.2) is 11.1 Å². The van der Waals surface area contributed by atoms with Gasteiger partial charge in [-0.05, 0) is 66.7 Å². The topological polar surface area (TPSA) is 60.4 Å². The van der Waals surface area contributed by atoms with Gasteiger partial charge in [0.05, 0.1) is 16.5 Å². The summed E-state index contributed by atoms with van der Waals surface area (Å²) in [7, 11) is -0.0728. The summed E-state index contributed by atoms with van der Waals surface area (Å²) >= 11 is 7.03. The molecule has 0 bridgehead atoms. The number of carboxylic acids is 1. The molecule has 0 aliphatic rings. The fraction of sp³-hybridized carbons (Fsp3) is 0. The Labute approximate surface area is 201 Å². The number of benzene rings is 4. The SMILES string of the molecule is Brc1ccc([S+](c2ccccc2)c2ccc(Br)cc2)cc1.O=C(O)c1ccccc1[O-]. The largest absolute Gasteiger partial charge is 0.872 e. The van der Waals surface area contributed by atoms with Gasteiger partial charge in [0.2, 0.25) is 0 Å². The molecular formula is C25H18Br2O3S. The van der Waals surface area contributed by atoms with Crippen molar-refractivity contribution in [3.05, 3.63) is 118 Å². The van der Waals surface area contributed by atoms with Crippen molar-refractivity contribution >= 4 is 48.7 Å². The van der Waals surface area contributed by atoms with Crippen LogP contribution in [0.4, 0.5) is 0 Å². The van der Waals surface area contributed by atoms with Gasteiger partial charge in [-0.3, -0.25) is 0 Å². The van der Waals surface area contributed by atoms with Crippen LogP contribution >= 0.6 is 31.9 Å². The van der Waals surface area contributed by atoms with Gasteiger partial charge in [0.15, 0.2) is 14.7 Å². The highest BCUT2D eigenvalue weighted by molar-refractivity contribution is 9.10. The quantitative estimate of drug-likeness (QED) is 0.282. The van der Waals surface area contributed by atoms with Gasteiger partial charge < -0.3 is 10.2 Å². The van der Waals surface area contributed by atoms with E-state index in [1.165, 1.54) is 39.0 Å². The Balaban J connectivity index is 0.000000229. The molecule has 6 heteroatoms. The van der Waals surface area contributed by atoms with Gasteiger partial charge in [0.25, 0.3) is 0 Å². The molecule has 0 aliphatic heterocycles. The zero-order valence-electron chi connectivity index (χ0n) is 16.2. The maximum absolute atomic E-state index is 10.7. The first kappa shape index (κ1) is 23.1. The van der Waals surface area contributed by atoms with E-state index in [0.29, 0.717) is 0 Å². The monoisotopic (exact) mass is 556 g/mol. The van der Waals surface area contributed by atoms with E-state index in [0.717, 1.165) is 8.95 Å². The third-order valence-corrected chi connectivity index (χ3v) is 7.48. The molecule has 0 atom stereocenters. The lowest BCUT2D eigenvalue weighted by Gasteiger charge is -2.08. The fourth-order valence-corrected chi connectivity index (χ4v) is 5.34. The number of carbonyl (C=O) groups is 1. The molecule has 31 heavy (non-hydrogen) atoms. The number of para-hydroxylation sites is 1. The van der Waals surface area contributed by atoms with Crippen LogP contribution in [0.2, 0.25) is 0 Å². The first-order valence-electron chi connectivity index (χ1n) is 9.25. The third-order valence-electron chi connectivity index (χ3n) is 4.20. The number of aromatic carboxylic acids is 1. The molecule has 0 aromatic heterocycles. The Hall–Kier alpha value is -2.54. The van der Waals surface area contributed by atoms with Gasteiger partial charge in [-0.15, -0.1) is 0 Å². The third kappa shape index (κ3) is 6.47. The van der Waals surface area contributed by atoms with Crippen molar-refractivity contribution in [2.24, 2.45) is 0 Å². The molecule has 0 aliphatic carbocycles. The van der Waals surface area contributed by atoms with Crippen molar-refractivity contribution in [1.29, 1.82) is 0 Å². The van der Waals surface area contributed by atoms with Crippen molar-refractivity contribution in [2.45, 2.75) is 14.7 Å². The summed E-state index contributed by atoms with van der Waals surface area (Å²) in [5.74, 6) is -1.62. The molecule has 0 spiro atoms. The highest BCUT2D eigenvalue weighted by atomic mass is 79.9. The van der Waals surface area contributed by atoms with Crippen molar-refractivity contribution in [1.82, 2.24) is 0 Å². The summed E-state index contributed by atoms with van der Waals surface area (Å²) in [5.41, 5.74) is -0.178. The first-order chi connectivity index (χ1) is 15.0. The summed E-state index contributed by atoms with van der Waals surface area (Å²) in [6.45, 7) is 0. The molecule has 0 unspecified atom stereocenters. The maximum Gasteiger partial charge on any atom is 0.335 e. The van der Waals surface area contributed by atoms with Crippen molar-refractivity contribution in [2.75, 3.05) is 0 Å². The van der Waals surface area contributed by atoms with E-state index < -0.39 is 11.7 Å². The summed E-state index contributed by atoms with van der Waals surface area (Å²) < 4.78 is 2.22. The van der Waals surface area contributed by atoms with Crippen LogP contribution < -0.4 is 5.11 Å². The second kappa shape index (κ2) is 11.2. The summed E-state index contributed by atoms with van der Waals surface area (Å²) in [4.78, 5) is 14.2. The molecule has 0 saturated carbocycles. The molecule has 0 heterocycles. The molecule has 1 N–H and O–H groups in total. The molecule has 0 fully saturated rings. The minimum absolute atomic E-state index is 0.0728. The average Bonchev–Trinajstić information content (AvgIpc) is 2.78. The molecule has 4 aromatic rings. The van der Waals surface area contributed by atoms with E-state index in [-0.39, 0.29) is 16.5 Å². The zero-order valence-corrected chi connectivity index (χ0v) is 20.2. The standard InChI is InChI=1S/C18H13Br2S.C7H6O3/c19-14-6-10-17(11-7-14)21(16-4-2-1-3-5-16)18-12-8-15(20)9-13-18;8-6-4-2-1-3-5(6)7(9)10/h1-13H;1-4,8H,(H,9,10)/q+1;/p-1. The molecular weight excluding hydrogens is 540 g/mol. The fourth-order valence-electron chi connectivity index (χ4n) is 2.75. The van der Waals surface area contributed by atoms with Gasteiger partial charge in [-0.25, -0.2) is 4.79 Å². The second-order valence-electron chi connectivity index (χ2n) is 6.33. The number of carboxylic acid groups (broad SMARTS) is 1. The average molecular weight is 558 g/mol. The molecule has 0 radical (unpaired) electrons. The van der Waals surface area contributed by atoms with Crippen LogP contribution in [0.15, 0.2) is 127 Å². The highest BCUT2D eigenvalue weighted by Gasteiger charge is 2.28. The normalized spacial score (nSPS) is 10.3. The Morgan fingerprint density at radius 3 is 1.48 bits per heavy atom. The van der Waals surface area contributed by atoms with Crippen LogP contribution in [-0.2, 0) is 10.9 Å². The van der Waals surface area contributed by atoms with E-state index >= 15 is 0 Å². The minimum Gasteiger partial charge on any atom is -0.872 e. The molecule has 4 rings (SSSR count). The zero-order chi connectivity index (χ0) is 22.2. The van der Waals surface area contributed by atoms with Crippen LogP contribution in [0.1, 0.15) is 10.4 Å². The van der Waals surface area contributed by atoms with Crippen LogP contribution in [0.5, 0.6) is 5.75 Å². The van der Waals surface area contributed by atoms with Crippen LogP contribution in [0.3, 0.4) is 0 Å². The van der Waals surface area contributed by atoms with E-state index in [9.17, 15) is 9.90 Å². The molecule has 156 valence electrons. The van der Waals surface area contributed by atoms with Gasteiger partial charge in [0.1, 0.15) is 0 Å². The molecule has 0 saturated heterocycles. The van der Waals surface area contributed by atoms with Crippen molar-refractivity contribution in [3.8, 4) is 5.75 Å². The Morgan fingerprint density at radius 2 is 1.06 bits per heavy atom. The predicted octanol–water partition coefficient (Wildman–Crippen LogP) is 6.77. The van der Waals surface area contributed by atoms with Gasteiger partial charge in [-0.2, -0.15) is 0 Å². The Morgan fingerprint density at radius 1 is 0.645 bits per heavy atom. The van der Waals surface area contributed by atoms with E-state index in [1.54, 1.807) is 0 Å². The smallest absolute Gasteiger partial charge is 0.335 e. The first-order valence-corrected chi connectivity index (χ1v) is 12.1. The number of rotatable bonds is 4. The highest BCUT2D eigenvalue weighted by Crippen LogP contribution is 2.32. The predicted molar refractivity (Wildman–Crippen MR) is 130 cm³/mol. The summed E-state index contributed by atoms with van der Waals surface area (Å²) in [6, 6.07) is 33.4. The van der Waals surface area contributed by atoms with E-state index in [4.69, 9.17) is 5.11 Å². The van der Waals surface area contributed by atoms with Gasteiger partial charge in [-0.1, -0.05) is 74.0 Å². The lowest BCUT2D eigenvalue weighted by atomic mass is 10.2. The maximum atomic E-state index is 10.7.